The van der Waals surface area contributed by atoms with Crippen LogP contribution in [0.3, 0.4) is 0 Å². The number of nitrogens with zero attached hydrogens (tertiary/aromatic N) is 5. The van der Waals surface area contributed by atoms with E-state index in [1.54, 1.807) is 6.92 Å². The molecule has 0 radical (unpaired) electrons. The molecule has 0 aromatic heterocycles. The Hall–Kier alpha value is -1.62. The molecule has 1 amide bonds. The number of benzene rings is 1. The van der Waals surface area contributed by atoms with E-state index in [4.69, 9.17) is 0 Å². The lowest BCUT2D eigenvalue weighted by Crippen LogP contribution is -2.54. The number of hydrogen-bond acceptors (Lipinski definition) is 4. The number of hydrogen-bond donors (Lipinski definition) is 1. The lowest BCUT2D eigenvalue weighted by Gasteiger charge is -2.38. The van der Waals surface area contributed by atoms with Crippen molar-refractivity contribution in [1.82, 2.24) is 20.0 Å². The van der Waals surface area contributed by atoms with Gasteiger partial charge in [0, 0.05) is 85.1 Å². The molecule has 9 heteroatoms. The highest BCUT2D eigenvalue weighted by Gasteiger charge is 2.21. The highest BCUT2D eigenvalue weighted by atomic mass is 127. The van der Waals surface area contributed by atoms with Gasteiger partial charge in [0.1, 0.15) is 5.82 Å². The predicted octanol–water partition coefficient (Wildman–Crippen LogP) is 1.31. The number of carbonyl (C=O) groups is 1. The molecule has 162 valence electrons. The summed E-state index contributed by atoms with van der Waals surface area (Å²) in [6, 6.07) is 6.70. The Labute approximate surface area is 189 Å². The van der Waals surface area contributed by atoms with Gasteiger partial charge in [-0.15, -0.1) is 24.0 Å². The van der Waals surface area contributed by atoms with Crippen LogP contribution in [-0.2, 0) is 4.79 Å². The van der Waals surface area contributed by atoms with E-state index in [1.165, 1.54) is 12.1 Å². The molecule has 2 aliphatic heterocycles. The molecule has 2 aliphatic rings. The molecular weight excluding hydrogens is 486 g/mol. The second-order valence-electron chi connectivity index (χ2n) is 7.27. The zero-order valence-electron chi connectivity index (χ0n) is 17.3. The molecule has 1 aromatic carbocycles. The molecule has 1 N–H and O–H groups in total. The smallest absolute Gasteiger partial charge is 0.219 e. The number of carbonyl (C=O) groups excluding carboxylic acids is 1. The van der Waals surface area contributed by atoms with Crippen molar-refractivity contribution in [3.63, 3.8) is 0 Å². The van der Waals surface area contributed by atoms with Crippen LogP contribution in [0.4, 0.5) is 10.1 Å². The lowest BCUT2D eigenvalue weighted by molar-refractivity contribution is -0.130. The molecule has 0 atom stereocenters. The first-order chi connectivity index (χ1) is 13.6. The molecule has 0 aliphatic carbocycles. The van der Waals surface area contributed by atoms with E-state index >= 15 is 0 Å². The number of amides is 1. The van der Waals surface area contributed by atoms with Crippen molar-refractivity contribution in [2.75, 3.05) is 77.4 Å². The van der Waals surface area contributed by atoms with E-state index in [9.17, 15) is 9.18 Å². The fraction of sp³-hybridized carbons (Fsp3) is 0.600. The molecule has 0 saturated carbocycles. The van der Waals surface area contributed by atoms with Crippen molar-refractivity contribution in [2.24, 2.45) is 4.99 Å². The van der Waals surface area contributed by atoms with Crippen LogP contribution in [0.2, 0.25) is 0 Å². The number of nitrogens with one attached hydrogen (secondary N) is 1. The largest absolute Gasteiger partial charge is 0.368 e. The van der Waals surface area contributed by atoms with Crippen molar-refractivity contribution in [2.45, 2.75) is 6.92 Å². The average molecular weight is 518 g/mol. The van der Waals surface area contributed by atoms with Gasteiger partial charge in [0.2, 0.25) is 5.91 Å². The maximum Gasteiger partial charge on any atom is 0.219 e. The van der Waals surface area contributed by atoms with Gasteiger partial charge >= 0.3 is 0 Å². The Balaban J connectivity index is 0.00000300. The van der Waals surface area contributed by atoms with E-state index in [2.05, 4.69) is 25.0 Å². The quantitative estimate of drug-likeness (QED) is 0.370. The van der Waals surface area contributed by atoms with E-state index < -0.39 is 0 Å². The van der Waals surface area contributed by atoms with E-state index in [-0.39, 0.29) is 35.7 Å². The number of guanidine groups is 1. The summed E-state index contributed by atoms with van der Waals surface area (Å²) in [5.41, 5.74) is 1.06. The molecule has 2 fully saturated rings. The van der Waals surface area contributed by atoms with Gasteiger partial charge in [0.15, 0.2) is 5.96 Å². The van der Waals surface area contributed by atoms with Crippen LogP contribution >= 0.6 is 24.0 Å². The van der Waals surface area contributed by atoms with Gasteiger partial charge in [-0.2, -0.15) is 0 Å². The molecule has 0 spiro atoms. The van der Waals surface area contributed by atoms with Crippen LogP contribution in [0.15, 0.2) is 29.3 Å². The Morgan fingerprint density at radius 3 is 2.14 bits per heavy atom. The van der Waals surface area contributed by atoms with Gasteiger partial charge in [0.05, 0.1) is 0 Å². The molecule has 2 heterocycles. The molecule has 7 nitrogen and oxygen atoms in total. The fourth-order valence-corrected chi connectivity index (χ4v) is 3.77. The molecule has 1 aromatic rings. The average Bonchev–Trinajstić information content (AvgIpc) is 2.72. The predicted molar refractivity (Wildman–Crippen MR) is 126 cm³/mol. The van der Waals surface area contributed by atoms with Crippen LogP contribution in [0.5, 0.6) is 0 Å². The monoisotopic (exact) mass is 518 g/mol. The number of piperazine rings is 2. The fourth-order valence-electron chi connectivity index (χ4n) is 3.77. The van der Waals surface area contributed by atoms with Crippen LogP contribution in [0, 0.1) is 5.82 Å². The molecule has 0 unspecified atom stereocenters. The van der Waals surface area contributed by atoms with Gasteiger partial charge in [-0.3, -0.25) is 14.7 Å². The van der Waals surface area contributed by atoms with Gasteiger partial charge in [-0.25, -0.2) is 4.39 Å². The molecule has 29 heavy (non-hydrogen) atoms. The lowest BCUT2D eigenvalue weighted by atomic mass is 10.2. The van der Waals surface area contributed by atoms with Crippen molar-refractivity contribution >= 4 is 41.5 Å². The highest BCUT2D eigenvalue weighted by molar-refractivity contribution is 14.0. The SMILES string of the molecule is CN=C(NCCN1CCN(C(C)=O)CC1)N1CCN(c2ccc(F)cc2)CC1.I. The summed E-state index contributed by atoms with van der Waals surface area (Å²) < 4.78 is 13.1. The Kier molecular flexibility index (Phi) is 9.41. The third kappa shape index (κ3) is 6.70. The number of anilines is 1. The van der Waals surface area contributed by atoms with Crippen molar-refractivity contribution in [1.29, 1.82) is 0 Å². The van der Waals surface area contributed by atoms with Crippen LogP contribution in [0.1, 0.15) is 6.92 Å². The third-order valence-electron chi connectivity index (χ3n) is 5.51. The topological polar surface area (TPSA) is 54.4 Å². The maximum atomic E-state index is 13.1. The van der Waals surface area contributed by atoms with Gasteiger partial charge < -0.3 is 20.0 Å². The summed E-state index contributed by atoms with van der Waals surface area (Å²) in [4.78, 5) is 24.7. The summed E-state index contributed by atoms with van der Waals surface area (Å²) in [5, 5.41) is 3.47. The first kappa shape index (κ1) is 23.7. The first-order valence-electron chi connectivity index (χ1n) is 10.0. The van der Waals surface area contributed by atoms with Crippen molar-refractivity contribution in [3.8, 4) is 0 Å². The molecule has 0 bridgehead atoms. The van der Waals surface area contributed by atoms with Gasteiger partial charge in [-0.1, -0.05) is 0 Å². The summed E-state index contributed by atoms with van der Waals surface area (Å²) in [7, 11) is 1.82. The Morgan fingerprint density at radius 2 is 1.59 bits per heavy atom. The normalized spacial score (nSPS) is 18.4. The van der Waals surface area contributed by atoms with Crippen LogP contribution in [-0.4, -0.2) is 99.1 Å². The summed E-state index contributed by atoms with van der Waals surface area (Å²) in [5.74, 6) is 0.897. The maximum absolute atomic E-state index is 13.1. The van der Waals surface area contributed by atoms with Gasteiger partial charge in [-0.05, 0) is 24.3 Å². The summed E-state index contributed by atoms with van der Waals surface area (Å²) in [6.07, 6.45) is 0. The highest BCUT2D eigenvalue weighted by Crippen LogP contribution is 2.16. The summed E-state index contributed by atoms with van der Waals surface area (Å²) >= 11 is 0. The minimum Gasteiger partial charge on any atom is -0.368 e. The standard InChI is InChI=1S/C20H31FN6O.HI/c1-17(28)25-11-9-24(10-12-25)8-7-23-20(22-2)27-15-13-26(14-16-27)19-5-3-18(21)4-6-19;/h3-6H,7-16H2,1-2H3,(H,22,23);1H. The molecule has 2 saturated heterocycles. The second kappa shape index (κ2) is 11.5. The second-order valence-corrected chi connectivity index (χ2v) is 7.27. The first-order valence-corrected chi connectivity index (χ1v) is 10.0. The number of aliphatic imine (C=N–C) groups is 1. The minimum atomic E-state index is -0.199. The van der Waals surface area contributed by atoms with Gasteiger partial charge in [0.25, 0.3) is 0 Å². The van der Waals surface area contributed by atoms with E-state index in [0.717, 1.165) is 77.1 Å². The molecule has 3 rings (SSSR count). The summed E-state index contributed by atoms with van der Waals surface area (Å²) in [6.45, 7) is 10.4. The third-order valence-corrected chi connectivity index (χ3v) is 5.51. The van der Waals surface area contributed by atoms with Crippen LogP contribution < -0.4 is 10.2 Å². The van der Waals surface area contributed by atoms with Crippen molar-refractivity contribution in [3.05, 3.63) is 30.1 Å². The number of rotatable bonds is 4. The molecular formula is C20H32FIN6O. The zero-order chi connectivity index (χ0) is 19.9. The minimum absolute atomic E-state index is 0. The van der Waals surface area contributed by atoms with E-state index in [1.807, 2.05) is 24.1 Å². The van der Waals surface area contributed by atoms with E-state index in [0.29, 0.717) is 0 Å². The Morgan fingerprint density at radius 1 is 1.00 bits per heavy atom. The number of halogens is 2. The van der Waals surface area contributed by atoms with Crippen LogP contribution in [0.25, 0.3) is 0 Å². The Bertz CT molecular complexity index is 670. The zero-order valence-corrected chi connectivity index (χ0v) is 19.6. The van der Waals surface area contributed by atoms with Crippen molar-refractivity contribution < 1.29 is 9.18 Å².